The lowest BCUT2D eigenvalue weighted by Crippen LogP contribution is -2.36. The molecule has 0 saturated carbocycles. The van der Waals surface area contributed by atoms with Gasteiger partial charge in [-0.25, -0.2) is 8.42 Å². The van der Waals surface area contributed by atoms with Gasteiger partial charge in [-0.1, -0.05) is 30.3 Å². The van der Waals surface area contributed by atoms with Crippen molar-refractivity contribution in [2.45, 2.75) is 24.8 Å². The van der Waals surface area contributed by atoms with Gasteiger partial charge in [-0.05, 0) is 38.1 Å². The third-order valence-electron chi connectivity index (χ3n) is 3.30. The lowest BCUT2D eigenvalue weighted by molar-refractivity contribution is 0.101. The summed E-state index contributed by atoms with van der Waals surface area (Å²) in [7, 11) is -3.88. The van der Waals surface area contributed by atoms with Crippen LogP contribution in [-0.2, 0) is 10.0 Å². The van der Waals surface area contributed by atoms with Gasteiger partial charge in [0.1, 0.15) is 0 Å². The van der Waals surface area contributed by atoms with Gasteiger partial charge in [0.05, 0.1) is 23.2 Å². The van der Waals surface area contributed by atoms with E-state index in [0.717, 1.165) is 4.31 Å². The maximum atomic E-state index is 12.9. The van der Waals surface area contributed by atoms with Crippen LogP contribution in [0.5, 0.6) is 0 Å². The topological polar surface area (TPSA) is 74.7 Å². The Bertz CT molecular complexity index is 785. The van der Waals surface area contributed by atoms with Gasteiger partial charge in [0.2, 0.25) is 0 Å². The number of ketones is 1. The van der Waals surface area contributed by atoms with Crippen LogP contribution in [0.3, 0.4) is 0 Å². The number of carbonyl (C=O) groups is 1. The summed E-state index contributed by atoms with van der Waals surface area (Å²) >= 11 is 0. The quantitative estimate of drug-likeness (QED) is 0.824. The van der Waals surface area contributed by atoms with E-state index in [1.165, 1.54) is 32.0 Å². The van der Waals surface area contributed by atoms with E-state index in [2.05, 4.69) is 0 Å². The molecule has 2 aromatic carbocycles. The Labute approximate surface area is 136 Å². The Hall–Kier alpha value is -2.18. The molecular weight excluding hydrogens is 314 g/mol. The molecule has 1 N–H and O–H groups in total. The lowest BCUT2D eigenvalue weighted by Gasteiger charge is -2.25. The highest BCUT2D eigenvalue weighted by molar-refractivity contribution is 7.92. The molecule has 122 valence electrons. The molecule has 5 nitrogen and oxygen atoms in total. The second-order valence-corrected chi connectivity index (χ2v) is 7.17. The molecule has 0 spiro atoms. The van der Waals surface area contributed by atoms with Crippen molar-refractivity contribution in [1.29, 1.82) is 0 Å². The highest BCUT2D eigenvalue weighted by atomic mass is 32.2. The first-order chi connectivity index (χ1) is 10.8. The number of hydrogen-bond acceptors (Lipinski definition) is 4. The number of hydrogen-bond donors (Lipinski definition) is 1. The number of rotatable bonds is 6. The summed E-state index contributed by atoms with van der Waals surface area (Å²) < 4.78 is 27.0. The number of aliphatic hydroxyl groups excluding tert-OH is 1. The Kier molecular flexibility index (Phi) is 5.18. The summed E-state index contributed by atoms with van der Waals surface area (Å²) in [5.41, 5.74) is 0.790. The van der Waals surface area contributed by atoms with Gasteiger partial charge >= 0.3 is 0 Å². The van der Waals surface area contributed by atoms with E-state index in [-0.39, 0.29) is 17.2 Å². The highest BCUT2D eigenvalue weighted by Gasteiger charge is 2.26. The SMILES string of the molecule is CC(=O)c1cccc(S(=O)(=O)N(C[C@@H](C)O)c2ccccc2)c1. The van der Waals surface area contributed by atoms with Crippen molar-refractivity contribution in [3.63, 3.8) is 0 Å². The van der Waals surface area contributed by atoms with Crippen molar-refractivity contribution in [3.8, 4) is 0 Å². The molecule has 0 saturated heterocycles. The Morgan fingerprint density at radius 3 is 2.35 bits per heavy atom. The summed E-state index contributed by atoms with van der Waals surface area (Å²) in [6.45, 7) is 2.84. The third-order valence-corrected chi connectivity index (χ3v) is 5.09. The van der Waals surface area contributed by atoms with E-state index in [0.29, 0.717) is 11.3 Å². The van der Waals surface area contributed by atoms with Crippen molar-refractivity contribution in [2.24, 2.45) is 0 Å². The molecule has 0 radical (unpaired) electrons. The predicted octanol–water partition coefficient (Wildman–Crippen LogP) is 2.47. The van der Waals surface area contributed by atoms with Crippen molar-refractivity contribution in [1.82, 2.24) is 0 Å². The fourth-order valence-electron chi connectivity index (χ4n) is 2.18. The van der Waals surface area contributed by atoms with Gasteiger partial charge in [0.25, 0.3) is 10.0 Å². The zero-order valence-electron chi connectivity index (χ0n) is 13.0. The minimum atomic E-state index is -3.88. The molecule has 1 atom stereocenters. The minimum absolute atomic E-state index is 0.0229. The minimum Gasteiger partial charge on any atom is -0.392 e. The number of para-hydroxylation sites is 1. The molecule has 23 heavy (non-hydrogen) atoms. The van der Waals surface area contributed by atoms with Gasteiger partial charge in [-0.3, -0.25) is 9.10 Å². The number of Topliss-reactive ketones (excluding diaryl/α,β-unsaturated/α-hetero) is 1. The summed E-state index contributed by atoms with van der Waals surface area (Å²) in [4.78, 5) is 11.5. The van der Waals surface area contributed by atoms with Crippen LogP contribution in [0.25, 0.3) is 0 Å². The van der Waals surface area contributed by atoms with Crippen molar-refractivity contribution in [2.75, 3.05) is 10.8 Å². The number of aliphatic hydroxyl groups is 1. The maximum Gasteiger partial charge on any atom is 0.264 e. The first-order valence-electron chi connectivity index (χ1n) is 7.19. The monoisotopic (exact) mass is 333 g/mol. The average molecular weight is 333 g/mol. The zero-order valence-corrected chi connectivity index (χ0v) is 13.8. The number of benzene rings is 2. The van der Waals surface area contributed by atoms with Gasteiger partial charge in [-0.15, -0.1) is 0 Å². The van der Waals surface area contributed by atoms with Crippen LogP contribution in [0, 0.1) is 0 Å². The molecule has 0 heterocycles. The van der Waals surface area contributed by atoms with Crippen LogP contribution in [0.1, 0.15) is 24.2 Å². The molecule has 2 aromatic rings. The summed E-state index contributed by atoms with van der Waals surface area (Å²) in [6.07, 6.45) is -0.832. The summed E-state index contributed by atoms with van der Waals surface area (Å²) in [5.74, 6) is -0.205. The van der Waals surface area contributed by atoms with Gasteiger partial charge < -0.3 is 5.11 Å². The Morgan fingerprint density at radius 2 is 1.78 bits per heavy atom. The predicted molar refractivity (Wildman–Crippen MR) is 89.1 cm³/mol. The number of sulfonamides is 1. The fraction of sp³-hybridized carbons (Fsp3) is 0.235. The molecule has 0 unspecified atom stereocenters. The van der Waals surface area contributed by atoms with E-state index >= 15 is 0 Å². The molecule has 0 aromatic heterocycles. The van der Waals surface area contributed by atoms with Crippen LogP contribution in [0.2, 0.25) is 0 Å². The molecule has 0 fully saturated rings. The molecule has 6 heteroatoms. The van der Waals surface area contributed by atoms with E-state index in [9.17, 15) is 18.3 Å². The van der Waals surface area contributed by atoms with Crippen LogP contribution < -0.4 is 4.31 Å². The molecule has 2 rings (SSSR count). The van der Waals surface area contributed by atoms with Gasteiger partial charge in [0, 0.05) is 5.56 Å². The molecule has 0 aliphatic rings. The molecule has 0 aliphatic heterocycles. The number of anilines is 1. The van der Waals surface area contributed by atoms with Crippen LogP contribution in [0.15, 0.2) is 59.5 Å². The molecule has 0 aliphatic carbocycles. The van der Waals surface area contributed by atoms with Crippen molar-refractivity contribution in [3.05, 3.63) is 60.2 Å². The fourth-order valence-corrected chi connectivity index (χ4v) is 3.77. The first kappa shape index (κ1) is 17.2. The van der Waals surface area contributed by atoms with E-state index < -0.39 is 16.1 Å². The van der Waals surface area contributed by atoms with E-state index in [1.54, 1.807) is 36.4 Å². The third kappa shape index (κ3) is 3.97. The lowest BCUT2D eigenvalue weighted by atomic mass is 10.2. The molecule has 0 bridgehead atoms. The highest BCUT2D eigenvalue weighted by Crippen LogP contribution is 2.24. The number of carbonyl (C=O) groups excluding carboxylic acids is 1. The smallest absolute Gasteiger partial charge is 0.264 e. The zero-order chi connectivity index (χ0) is 17.0. The normalized spacial score (nSPS) is 12.7. The largest absolute Gasteiger partial charge is 0.392 e. The number of nitrogens with zero attached hydrogens (tertiary/aromatic N) is 1. The molecular formula is C17H19NO4S. The van der Waals surface area contributed by atoms with Gasteiger partial charge in [-0.2, -0.15) is 0 Å². The van der Waals surface area contributed by atoms with Crippen molar-refractivity contribution < 1.29 is 18.3 Å². The van der Waals surface area contributed by atoms with Crippen molar-refractivity contribution >= 4 is 21.5 Å². The molecule has 0 amide bonds. The average Bonchev–Trinajstić information content (AvgIpc) is 2.53. The van der Waals surface area contributed by atoms with E-state index in [1.807, 2.05) is 0 Å². The summed E-state index contributed by atoms with van der Waals surface area (Å²) in [6, 6.07) is 14.5. The standard InChI is InChI=1S/C17H19NO4S/c1-13(19)12-18(16-8-4-3-5-9-16)23(21,22)17-10-6-7-15(11-17)14(2)20/h3-11,13,19H,12H2,1-2H3/t13-/m1/s1. The van der Waals surface area contributed by atoms with Gasteiger partial charge in [0.15, 0.2) is 5.78 Å². The van der Waals surface area contributed by atoms with Crippen LogP contribution >= 0.6 is 0 Å². The second-order valence-electron chi connectivity index (χ2n) is 5.30. The maximum absolute atomic E-state index is 12.9. The Balaban J connectivity index is 2.52. The van der Waals surface area contributed by atoms with E-state index in [4.69, 9.17) is 0 Å². The first-order valence-corrected chi connectivity index (χ1v) is 8.63. The van der Waals surface area contributed by atoms with Crippen LogP contribution in [0.4, 0.5) is 5.69 Å². The summed E-state index contributed by atoms with van der Waals surface area (Å²) in [5, 5.41) is 9.68. The van der Waals surface area contributed by atoms with Crippen LogP contribution in [-0.4, -0.2) is 32.0 Å². The second kappa shape index (κ2) is 6.93. The Morgan fingerprint density at radius 1 is 1.13 bits per heavy atom.